The molecule has 2 amide bonds. The van der Waals surface area contributed by atoms with Gasteiger partial charge in [-0.25, -0.2) is 0 Å². The van der Waals surface area contributed by atoms with Gasteiger partial charge in [-0.3, -0.25) is 9.59 Å². The first kappa shape index (κ1) is 20.2. The fourth-order valence-electron chi connectivity index (χ4n) is 4.65. The van der Waals surface area contributed by atoms with Gasteiger partial charge in [-0.15, -0.1) is 0 Å². The lowest BCUT2D eigenvalue weighted by Gasteiger charge is -2.27. The standard InChI is InChI=1S/C23H32N2O4/c26-22(9-6-18-4-2-1-3-5-18)25-12-15-29-21-8-7-19(16-20(21)17-25)23(27)24-10-13-28-14-11-24/h7-8,16,18H,1-6,9-15,17H2. The van der Waals surface area contributed by atoms with Gasteiger partial charge in [-0.2, -0.15) is 0 Å². The van der Waals surface area contributed by atoms with Gasteiger partial charge < -0.3 is 19.3 Å². The van der Waals surface area contributed by atoms with E-state index in [1.807, 2.05) is 28.0 Å². The van der Waals surface area contributed by atoms with Crippen molar-refractivity contribution in [2.75, 3.05) is 39.5 Å². The Labute approximate surface area is 173 Å². The molecule has 29 heavy (non-hydrogen) atoms. The van der Waals surface area contributed by atoms with Gasteiger partial charge in [-0.1, -0.05) is 32.1 Å². The van der Waals surface area contributed by atoms with Crippen molar-refractivity contribution >= 4 is 11.8 Å². The van der Waals surface area contributed by atoms with E-state index in [1.54, 1.807) is 0 Å². The summed E-state index contributed by atoms with van der Waals surface area (Å²) in [5, 5.41) is 0. The lowest BCUT2D eigenvalue weighted by atomic mass is 9.86. The molecule has 0 spiro atoms. The van der Waals surface area contributed by atoms with E-state index in [2.05, 4.69) is 0 Å². The van der Waals surface area contributed by atoms with E-state index in [-0.39, 0.29) is 11.8 Å². The Kier molecular flexibility index (Phi) is 6.70. The maximum absolute atomic E-state index is 12.9. The smallest absolute Gasteiger partial charge is 0.254 e. The van der Waals surface area contributed by atoms with Gasteiger partial charge in [0.1, 0.15) is 12.4 Å². The Morgan fingerprint density at radius 1 is 0.966 bits per heavy atom. The molecule has 4 rings (SSSR count). The number of carbonyl (C=O) groups excluding carboxylic acids is 2. The zero-order chi connectivity index (χ0) is 20.1. The van der Waals surface area contributed by atoms with Gasteiger partial charge in [0.25, 0.3) is 5.91 Å². The molecule has 0 radical (unpaired) electrons. The fraction of sp³-hybridized carbons (Fsp3) is 0.652. The van der Waals surface area contributed by atoms with Gasteiger partial charge in [0.15, 0.2) is 0 Å². The Morgan fingerprint density at radius 3 is 2.52 bits per heavy atom. The highest BCUT2D eigenvalue weighted by atomic mass is 16.5. The molecule has 2 fully saturated rings. The summed E-state index contributed by atoms with van der Waals surface area (Å²) < 4.78 is 11.2. The minimum absolute atomic E-state index is 0.0236. The van der Waals surface area contributed by atoms with Crippen molar-refractivity contribution in [1.82, 2.24) is 9.80 Å². The molecule has 1 aromatic rings. The highest BCUT2D eigenvalue weighted by molar-refractivity contribution is 5.94. The van der Waals surface area contributed by atoms with Crippen LogP contribution >= 0.6 is 0 Å². The predicted octanol–water partition coefficient (Wildman–Crippen LogP) is 3.24. The summed E-state index contributed by atoms with van der Waals surface area (Å²) in [5.74, 6) is 1.72. The Bertz CT molecular complexity index is 724. The second-order valence-electron chi connectivity index (χ2n) is 8.43. The number of fused-ring (bicyclic) bond motifs is 1. The highest BCUT2D eigenvalue weighted by Gasteiger charge is 2.24. The van der Waals surface area contributed by atoms with E-state index in [1.165, 1.54) is 32.1 Å². The monoisotopic (exact) mass is 400 g/mol. The number of benzene rings is 1. The van der Waals surface area contributed by atoms with Crippen LogP contribution in [0.3, 0.4) is 0 Å². The first-order chi connectivity index (χ1) is 14.2. The molecule has 2 heterocycles. The second kappa shape index (κ2) is 9.61. The summed E-state index contributed by atoms with van der Waals surface area (Å²) in [5.41, 5.74) is 1.58. The average Bonchev–Trinajstić information content (AvgIpc) is 3.00. The molecule has 0 bridgehead atoms. The Hall–Kier alpha value is -2.08. The number of amides is 2. The second-order valence-corrected chi connectivity index (χ2v) is 8.43. The van der Waals surface area contributed by atoms with Crippen molar-refractivity contribution in [2.45, 2.75) is 51.5 Å². The topological polar surface area (TPSA) is 59.1 Å². The van der Waals surface area contributed by atoms with Gasteiger partial charge in [-0.05, 0) is 30.5 Å². The number of morpholine rings is 1. The van der Waals surface area contributed by atoms with E-state index in [4.69, 9.17) is 9.47 Å². The van der Waals surface area contributed by atoms with Crippen LogP contribution in [0.1, 0.15) is 60.9 Å². The van der Waals surface area contributed by atoms with Crippen molar-refractivity contribution < 1.29 is 19.1 Å². The molecule has 3 aliphatic rings. The van der Waals surface area contributed by atoms with Crippen LogP contribution in [0.25, 0.3) is 0 Å². The zero-order valence-corrected chi connectivity index (χ0v) is 17.2. The van der Waals surface area contributed by atoms with Crippen molar-refractivity contribution in [3.63, 3.8) is 0 Å². The van der Waals surface area contributed by atoms with Gasteiger partial charge in [0.05, 0.1) is 19.8 Å². The molecule has 0 aromatic heterocycles. The SMILES string of the molecule is O=C(CCC1CCCCC1)N1CCOc2ccc(C(=O)N3CCOCC3)cc2C1. The number of nitrogens with zero attached hydrogens (tertiary/aromatic N) is 2. The molecule has 0 atom stereocenters. The maximum atomic E-state index is 12.9. The average molecular weight is 401 g/mol. The van der Waals surface area contributed by atoms with E-state index in [0.717, 1.165) is 17.7 Å². The predicted molar refractivity (Wildman–Crippen MR) is 110 cm³/mol. The van der Waals surface area contributed by atoms with Crippen LogP contribution in [0.2, 0.25) is 0 Å². The van der Waals surface area contributed by atoms with Crippen LogP contribution in [0.15, 0.2) is 18.2 Å². The van der Waals surface area contributed by atoms with Crippen LogP contribution in [0.5, 0.6) is 5.75 Å². The number of hydrogen-bond donors (Lipinski definition) is 0. The number of hydrogen-bond acceptors (Lipinski definition) is 4. The Morgan fingerprint density at radius 2 is 1.72 bits per heavy atom. The molecular weight excluding hydrogens is 368 g/mol. The summed E-state index contributed by atoms with van der Waals surface area (Å²) in [4.78, 5) is 29.4. The van der Waals surface area contributed by atoms with Crippen LogP contribution in [0.4, 0.5) is 0 Å². The van der Waals surface area contributed by atoms with E-state index in [0.29, 0.717) is 63.9 Å². The van der Waals surface area contributed by atoms with E-state index in [9.17, 15) is 9.59 Å². The van der Waals surface area contributed by atoms with Gasteiger partial charge in [0.2, 0.25) is 5.91 Å². The quantitative estimate of drug-likeness (QED) is 0.779. The number of ether oxygens (including phenoxy) is 2. The molecule has 1 aromatic carbocycles. The van der Waals surface area contributed by atoms with Crippen molar-refractivity contribution in [1.29, 1.82) is 0 Å². The molecular formula is C23H32N2O4. The molecule has 6 heteroatoms. The minimum Gasteiger partial charge on any atom is -0.491 e. The fourth-order valence-corrected chi connectivity index (χ4v) is 4.65. The maximum Gasteiger partial charge on any atom is 0.254 e. The van der Waals surface area contributed by atoms with Crippen LogP contribution in [-0.4, -0.2) is 61.1 Å². The third-order valence-corrected chi connectivity index (χ3v) is 6.43. The molecule has 158 valence electrons. The highest BCUT2D eigenvalue weighted by Crippen LogP contribution is 2.29. The molecule has 1 saturated heterocycles. The van der Waals surface area contributed by atoms with Crippen LogP contribution < -0.4 is 4.74 Å². The molecule has 6 nitrogen and oxygen atoms in total. The summed E-state index contributed by atoms with van der Waals surface area (Å²) in [6, 6.07) is 5.61. The number of carbonyl (C=O) groups is 2. The summed E-state index contributed by atoms with van der Waals surface area (Å²) in [7, 11) is 0. The van der Waals surface area contributed by atoms with Crippen molar-refractivity contribution in [2.24, 2.45) is 5.92 Å². The summed E-state index contributed by atoms with van der Waals surface area (Å²) in [6.45, 7) is 4.04. The molecule has 1 saturated carbocycles. The molecule has 0 N–H and O–H groups in total. The normalized spacial score (nSPS) is 20.6. The lowest BCUT2D eigenvalue weighted by Crippen LogP contribution is -2.40. The summed E-state index contributed by atoms with van der Waals surface area (Å²) in [6.07, 6.45) is 8.12. The third-order valence-electron chi connectivity index (χ3n) is 6.43. The van der Waals surface area contributed by atoms with E-state index < -0.39 is 0 Å². The first-order valence-electron chi connectivity index (χ1n) is 11.1. The van der Waals surface area contributed by atoms with Crippen LogP contribution in [0, 0.1) is 5.92 Å². The molecule has 2 aliphatic heterocycles. The first-order valence-corrected chi connectivity index (χ1v) is 11.1. The third kappa shape index (κ3) is 5.10. The zero-order valence-electron chi connectivity index (χ0n) is 17.2. The Balaban J connectivity index is 1.40. The largest absolute Gasteiger partial charge is 0.491 e. The van der Waals surface area contributed by atoms with Gasteiger partial charge >= 0.3 is 0 Å². The number of rotatable bonds is 4. The van der Waals surface area contributed by atoms with E-state index >= 15 is 0 Å². The molecule has 1 aliphatic carbocycles. The van der Waals surface area contributed by atoms with Crippen molar-refractivity contribution in [3.8, 4) is 5.75 Å². The van der Waals surface area contributed by atoms with Crippen molar-refractivity contribution in [3.05, 3.63) is 29.3 Å². The minimum atomic E-state index is 0.0236. The molecule has 0 unspecified atom stereocenters. The van der Waals surface area contributed by atoms with Crippen LogP contribution in [-0.2, 0) is 16.1 Å². The lowest BCUT2D eigenvalue weighted by molar-refractivity contribution is -0.132. The summed E-state index contributed by atoms with van der Waals surface area (Å²) >= 11 is 0. The van der Waals surface area contributed by atoms with Gasteiger partial charge in [0, 0.05) is 37.2 Å².